The van der Waals surface area contributed by atoms with Crippen LogP contribution in [0.15, 0.2) is 12.1 Å². The first-order valence-corrected chi connectivity index (χ1v) is 4.63. The number of nitrogens with two attached hydrogens (primary N) is 2. The summed E-state index contributed by atoms with van der Waals surface area (Å²) in [6.07, 6.45) is 2.08. The molecule has 0 aliphatic heterocycles. The van der Waals surface area contributed by atoms with Crippen LogP contribution in [0.4, 0.5) is 10.1 Å². The maximum absolute atomic E-state index is 13.0. The summed E-state index contributed by atoms with van der Waals surface area (Å²) in [4.78, 5) is 0. The quantitative estimate of drug-likeness (QED) is 0.496. The molecule has 1 fully saturated rings. The Labute approximate surface area is 81.5 Å². The van der Waals surface area contributed by atoms with Crippen molar-refractivity contribution in [2.75, 3.05) is 5.73 Å². The molecule has 0 heterocycles. The standard InChI is InChI=1S/C10H13FN2O/c11-6-3-7(9(13)5-1-2-5)10(14)8(12)4-6/h3-5,9,14H,1-2,12-13H2/t9-/m0/s1. The van der Waals surface area contributed by atoms with E-state index in [4.69, 9.17) is 11.5 Å². The third-order valence-corrected chi connectivity index (χ3v) is 2.62. The fourth-order valence-corrected chi connectivity index (χ4v) is 1.61. The predicted molar refractivity (Wildman–Crippen MR) is 52.1 cm³/mol. The molecule has 0 unspecified atom stereocenters. The molecule has 2 rings (SSSR count). The number of nitrogen functional groups attached to an aromatic ring is 1. The maximum Gasteiger partial charge on any atom is 0.143 e. The number of rotatable bonds is 2. The Bertz CT molecular complexity index is 363. The van der Waals surface area contributed by atoms with Crippen molar-refractivity contribution in [1.82, 2.24) is 0 Å². The zero-order valence-corrected chi connectivity index (χ0v) is 7.70. The minimum absolute atomic E-state index is 0.0519. The van der Waals surface area contributed by atoms with E-state index in [9.17, 15) is 9.50 Å². The lowest BCUT2D eigenvalue weighted by atomic mass is 10.0. The zero-order valence-electron chi connectivity index (χ0n) is 7.70. The number of halogens is 1. The molecule has 1 aromatic rings. The lowest BCUT2D eigenvalue weighted by Gasteiger charge is -2.13. The molecule has 3 nitrogen and oxygen atoms in total. The molecule has 4 heteroatoms. The molecule has 1 saturated carbocycles. The van der Waals surface area contributed by atoms with Gasteiger partial charge in [0.1, 0.15) is 11.6 Å². The molecule has 76 valence electrons. The second kappa shape index (κ2) is 3.13. The van der Waals surface area contributed by atoms with Crippen LogP contribution >= 0.6 is 0 Å². The Morgan fingerprint density at radius 2 is 2.07 bits per heavy atom. The van der Waals surface area contributed by atoms with E-state index in [1.54, 1.807) is 0 Å². The summed E-state index contributed by atoms with van der Waals surface area (Å²) in [5, 5.41) is 9.60. The van der Waals surface area contributed by atoms with Crippen molar-refractivity contribution in [1.29, 1.82) is 0 Å². The highest BCUT2D eigenvalue weighted by Crippen LogP contribution is 2.43. The van der Waals surface area contributed by atoms with Gasteiger partial charge in [-0.15, -0.1) is 0 Å². The van der Waals surface area contributed by atoms with E-state index in [1.807, 2.05) is 0 Å². The van der Waals surface area contributed by atoms with Crippen LogP contribution in [-0.2, 0) is 0 Å². The van der Waals surface area contributed by atoms with Crippen molar-refractivity contribution in [3.05, 3.63) is 23.5 Å². The second-order valence-electron chi connectivity index (χ2n) is 3.80. The van der Waals surface area contributed by atoms with Gasteiger partial charge in [0.25, 0.3) is 0 Å². The normalized spacial score (nSPS) is 18.1. The summed E-state index contributed by atoms with van der Waals surface area (Å²) < 4.78 is 13.0. The number of phenols is 1. The number of hydrogen-bond donors (Lipinski definition) is 3. The first-order chi connectivity index (χ1) is 6.59. The van der Waals surface area contributed by atoms with Gasteiger partial charge < -0.3 is 16.6 Å². The molecule has 0 radical (unpaired) electrons. The summed E-state index contributed by atoms with van der Waals surface area (Å²) in [6.45, 7) is 0. The number of benzene rings is 1. The topological polar surface area (TPSA) is 72.3 Å². The number of hydrogen-bond acceptors (Lipinski definition) is 3. The highest BCUT2D eigenvalue weighted by molar-refractivity contribution is 5.57. The van der Waals surface area contributed by atoms with Crippen molar-refractivity contribution in [3.63, 3.8) is 0 Å². The molecule has 1 atom stereocenters. The van der Waals surface area contributed by atoms with Crippen molar-refractivity contribution in [2.45, 2.75) is 18.9 Å². The van der Waals surface area contributed by atoms with Crippen molar-refractivity contribution >= 4 is 5.69 Å². The Balaban J connectivity index is 2.39. The van der Waals surface area contributed by atoms with Gasteiger partial charge in [-0.2, -0.15) is 0 Å². The average molecular weight is 196 g/mol. The van der Waals surface area contributed by atoms with E-state index in [0.29, 0.717) is 11.5 Å². The fraction of sp³-hybridized carbons (Fsp3) is 0.400. The van der Waals surface area contributed by atoms with Crippen LogP contribution in [0.3, 0.4) is 0 Å². The smallest absolute Gasteiger partial charge is 0.143 e. The van der Waals surface area contributed by atoms with Crippen LogP contribution in [0.1, 0.15) is 24.4 Å². The summed E-state index contributed by atoms with van der Waals surface area (Å²) in [5.41, 5.74) is 11.8. The minimum atomic E-state index is -0.452. The van der Waals surface area contributed by atoms with Crippen LogP contribution in [0.25, 0.3) is 0 Å². The van der Waals surface area contributed by atoms with E-state index in [2.05, 4.69) is 0 Å². The van der Waals surface area contributed by atoms with Crippen LogP contribution in [0, 0.1) is 11.7 Å². The van der Waals surface area contributed by atoms with E-state index in [1.165, 1.54) is 6.07 Å². The Morgan fingerprint density at radius 3 is 2.64 bits per heavy atom. The fourth-order valence-electron chi connectivity index (χ4n) is 1.61. The first-order valence-electron chi connectivity index (χ1n) is 4.63. The van der Waals surface area contributed by atoms with E-state index in [-0.39, 0.29) is 17.5 Å². The third kappa shape index (κ3) is 1.53. The number of anilines is 1. The van der Waals surface area contributed by atoms with Gasteiger partial charge in [-0.1, -0.05) is 0 Å². The maximum atomic E-state index is 13.0. The Hall–Kier alpha value is -1.29. The van der Waals surface area contributed by atoms with Gasteiger partial charge in [0, 0.05) is 17.7 Å². The van der Waals surface area contributed by atoms with E-state index >= 15 is 0 Å². The van der Waals surface area contributed by atoms with Crippen LogP contribution in [-0.4, -0.2) is 5.11 Å². The van der Waals surface area contributed by atoms with Gasteiger partial charge in [-0.05, 0) is 24.8 Å². The van der Waals surface area contributed by atoms with Crippen molar-refractivity contribution in [3.8, 4) is 5.75 Å². The molecule has 0 aromatic heterocycles. The van der Waals surface area contributed by atoms with Gasteiger partial charge in [0.05, 0.1) is 5.69 Å². The predicted octanol–water partition coefficient (Wildman–Crippen LogP) is 1.52. The van der Waals surface area contributed by atoms with Gasteiger partial charge >= 0.3 is 0 Å². The lowest BCUT2D eigenvalue weighted by molar-refractivity contribution is 0.455. The lowest BCUT2D eigenvalue weighted by Crippen LogP contribution is -2.13. The molecular weight excluding hydrogens is 183 g/mol. The second-order valence-corrected chi connectivity index (χ2v) is 3.80. The molecule has 1 aliphatic carbocycles. The molecule has 1 aliphatic rings. The highest BCUT2D eigenvalue weighted by atomic mass is 19.1. The first kappa shape index (κ1) is 9.27. The van der Waals surface area contributed by atoms with Gasteiger partial charge in [0.15, 0.2) is 0 Å². The highest BCUT2D eigenvalue weighted by Gasteiger charge is 2.31. The SMILES string of the molecule is Nc1cc(F)cc([C@@H](N)C2CC2)c1O. The van der Waals surface area contributed by atoms with Crippen LogP contribution < -0.4 is 11.5 Å². The molecular formula is C10H13FN2O. The summed E-state index contributed by atoms with van der Waals surface area (Å²) in [6, 6.07) is 2.06. The summed E-state index contributed by atoms with van der Waals surface area (Å²) >= 11 is 0. The summed E-state index contributed by atoms with van der Waals surface area (Å²) in [7, 11) is 0. The largest absolute Gasteiger partial charge is 0.505 e. The van der Waals surface area contributed by atoms with E-state index < -0.39 is 5.82 Å². The van der Waals surface area contributed by atoms with Crippen LogP contribution in [0.5, 0.6) is 5.75 Å². The summed E-state index contributed by atoms with van der Waals surface area (Å²) in [5.74, 6) is -0.167. The van der Waals surface area contributed by atoms with Crippen molar-refractivity contribution in [2.24, 2.45) is 11.7 Å². The van der Waals surface area contributed by atoms with E-state index in [0.717, 1.165) is 18.9 Å². The Morgan fingerprint density at radius 1 is 1.43 bits per heavy atom. The molecule has 0 spiro atoms. The Kier molecular flexibility index (Phi) is 2.07. The zero-order chi connectivity index (χ0) is 10.3. The van der Waals surface area contributed by atoms with Gasteiger partial charge in [0.2, 0.25) is 0 Å². The molecule has 0 amide bonds. The molecule has 0 bridgehead atoms. The van der Waals surface area contributed by atoms with Crippen LogP contribution in [0.2, 0.25) is 0 Å². The van der Waals surface area contributed by atoms with Crippen molar-refractivity contribution < 1.29 is 9.50 Å². The van der Waals surface area contributed by atoms with Gasteiger partial charge in [-0.3, -0.25) is 0 Å². The number of phenolic OH excluding ortho intramolecular Hbond substituents is 1. The molecule has 1 aromatic carbocycles. The number of aromatic hydroxyl groups is 1. The average Bonchev–Trinajstić information content (AvgIpc) is 2.93. The third-order valence-electron chi connectivity index (χ3n) is 2.62. The minimum Gasteiger partial charge on any atom is -0.505 e. The molecule has 5 N–H and O–H groups in total. The molecule has 14 heavy (non-hydrogen) atoms. The monoisotopic (exact) mass is 196 g/mol. The molecule has 0 saturated heterocycles. The van der Waals surface area contributed by atoms with Gasteiger partial charge in [-0.25, -0.2) is 4.39 Å².